The molecule has 0 radical (unpaired) electrons. The lowest BCUT2D eigenvalue weighted by Crippen LogP contribution is -2.46. The predicted molar refractivity (Wildman–Crippen MR) is 82.1 cm³/mol. The molecule has 5 N–H and O–H groups in total. The second-order valence-electron chi connectivity index (χ2n) is 6.81. The molecule has 0 bridgehead atoms. The van der Waals surface area contributed by atoms with Crippen LogP contribution in [0.4, 0.5) is 5.69 Å². The molecule has 1 aromatic carbocycles. The van der Waals surface area contributed by atoms with Gasteiger partial charge in [-0.05, 0) is 43.2 Å². The molecule has 0 unspecified atom stereocenters. The van der Waals surface area contributed by atoms with E-state index < -0.39 is 11.5 Å². The molecule has 0 aliphatic heterocycles. The van der Waals surface area contributed by atoms with Gasteiger partial charge >= 0.3 is 0 Å². The quantitative estimate of drug-likeness (QED) is 0.506. The fourth-order valence-electron chi connectivity index (χ4n) is 2.65. The Morgan fingerprint density at radius 3 is 2.52 bits per heavy atom. The summed E-state index contributed by atoms with van der Waals surface area (Å²) >= 11 is 0. The van der Waals surface area contributed by atoms with Gasteiger partial charge in [-0.3, -0.25) is 4.79 Å². The number of nitrogens with two attached hydrogens (primary N) is 1. The summed E-state index contributed by atoms with van der Waals surface area (Å²) < 4.78 is 0. The standard InChI is InChI=1S/C16H24N2O3/c1-15(2)6-8-16(21,9-7-15)10-18-14(20)11-4-3-5-12(17)13(11)19/h3-5,19,21H,6-10,17H2,1-2H3,(H,18,20). The zero-order valence-corrected chi connectivity index (χ0v) is 12.6. The van der Waals surface area contributed by atoms with E-state index >= 15 is 0 Å². The molecule has 1 aliphatic rings. The van der Waals surface area contributed by atoms with Crippen LogP contribution in [0, 0.1) is 5.41 Å². The van der Waals surface area contributed by atoms with Crippen LogP contribution in [0.3, 0.4) is 0 Å². The zero-order valence-electron chi connectivity index (χ0n) is 12.6. The highest BCUT2D eigenvalue weighted by molar-refractivity contribution is 5.98. The second-order valence-corrected chi connectivity index (χ2v) is 6.81. The number of para-hydroxylation sites is 1. The van der Waals surface area contributed by atoms with Gasteiger partial charge in [-0.15, -0.1) is 0 Å². The maximum absolute atomic E-state index is 12.1. The highest BCUT2D eigenvalue weighted by Crippen LogP contribution is 2.39. The molecule has 1 fully saturated rings. The molecular weight excluding hydrogens is 268 g/mol. The first-order valence-electron chi connectivity index (χ1n) is 7.31. The topological polar surface area (TPSA) is 95.6 Å². The Balaban J connectivity index is 1.97. The minimum absolute atomic E-state index is 0.134. The molecule has 1 aliphatic carbocycles. The molecule has 116 valence electrons. The number of phenolic OH excluding ortho intramolecular Hbond substituents is 1. The van der Waals surface area contributed by atoms with Crippen molar-refractivity contribution >= 4 is 11.6 Å². The van der Waals surface area contributed by atoms with Crippen molar-refractivity contribution in [3.63, 3.8) is 0 Å². The van der Waals surface area contributed by atoms with Crippen LogP contribution in [0.1, 0.15) is 49.9 Å². The Hall–Kier alpha value is -1.75. The fraction of sp³-hybridized carbons (Fsp3) is 0.562. The second kappa shape index (κ2) is 5.56. The summed E-state index contributed by atoms with van der Waals surface area (Å²) in [6.07, 6.45) is 3.21. The molecule has 2 rings (SSSR count). The minimum atomic E-state index is -0.860. The van der Waals surface area contributed by atoms with Gasteiger partial charge in [-0.25, -0.2) is 0 Å². The van der Waals surface area contributed by atoms with Crippen LogP contribution in [0.5, 0.6) is 5.75 Å². The van der Waals surface area contributed by atoms with Crippen molar-refractivity contribution in [1.82, 2.24) is 5.32 Å². The summed E-state index contributed by atoms with van der Waals surface area (Å²) in [5.41, 5.74) is 5.27. The van der Waals surface area contributed by atoms with E-state index in [1.165, 1.54) is 12.1 Å². The molecule has 0 aromatic heterocycles. The largest absolute Gasteiger partial charge is 0.505 e. The molecule has 0 spiro atoms. The highest BCUT2D eigenvalue weighted by Gasteiger charge is 2.36. The Morgan fingerprint density at radius 1 is 1.29 bits per heavy atom. The van der Waals surface area contributed by atoms with E-state index in [-0.39, 0.29) is 29.0 Å². The van der Waals surface area contributed by atoms with E-state index in [2.05, 4.69) is 19.2 Å². The molecule has 1 saturated carbocycles. The number of benzene rings is 1. The summed E-state index contributed by atoms with van der Waals surface area (Å²) in [7, 11) is 0. The van der Waals surface area contributed by atoms with E-state index in [1.54, 1.807) is 6.07 Å². The van der Waals surface area contributed by atoms with Gasteiger partial charge in [0.15, 0.2) is 5.75 Å². The molecule has 5 heteroatoms. The third-order valence-corrected chi connectivity index (χ3v) is 4.42. The molecule has 1 amide bonds. The van der Waals surface area contributed by atoms with Crippen LogP contribution in [-0.2, 0) is 0 Å². The van der Waals surface area contributed by atoms with Gasteiger partial charge in [-0.1, -0.05) is 19.9 Å². The maximum atomic E-state index is 12.1. The first kappa shape index (κ1) is 15.6. The number of hydrogen-bond donors (Lipinski definition) is 4. The highest BCUT2D eigenvalue weighted by atomic mass is 16.3. The molecule has 0 atom stereocenters. The maximum Gasteiger partial charge on any atom is 0.255 e. The van der Waals surface area contributed by atoms with Crippen LogP contribution >= 0.6 is 0 Å². The van der Waals surface area contributed by atoms with Crippen molar-refractivity contribution in [1.29, 1.82) is 0 Å². The van der Waals surface area contributed by atoms with E-state index in [0.717, 1.165) is 12.8 Å². The first-order chi connectivity index (χ1) is 9.72. The number of nitrogens with one attached hydrogen (secondary N) is 1. The number of hydrogen-bond acceptors (Lipinski definition) is 4. The van der Waals surface area contributed by atoms with Crippen molar-refractivity contribution in [2.75, 3.05) is 12.3 Å². The van der Waals surface area contributed by atoms with Gasteiger partial charge in [0, 0.05) is 6.54 Å². The summed E-state index contributed by atoms with van der Waals surface area (Å²) in [6, 6.07) is 4.65. The first-order valence-corrected chi connectivity index (χ1v) is 7.31. The smallest absolute Gasteiger partial charge is 0.255 e. The molecule has 0 heterocycles. The van der Waals surface area contributed by atoms with Crippen LogP contribution in [0.25, 0.3) is 0 Å². The number of rotatable bonds is 3. The summed E-state index contributed by atoms with van der Waals surface area (Å²) in [5.74, 6) is -0.634. The van der Waals surface area contributed by atoms with Gasteiger partial charge in [0.25, 0.3) is 5.91 Å². The SMILES string of the molecule is CC1(C)CCC(O)(CNC(=O)c2cccc(N)c2O)CC1. The molecule has 5 nitrogen and oxygen atoms in total. The fourth-order valence-corrected chi connectivity index (χ4v) is 2.65. The van der Waals surface area contributed by atoms with Gasteiger partial charge in [0.1, 0.15) is 0 Å². The number of aliphatic hydroxyl groups is 1. The summed E-state index contributed by atoms with van der Waals surface area (Å²) in [6.45, 7) is 4.57. The summed E-state index contributed by atoms with van der Waals surface area (Å²) in [5, 5.41) is 23.0. The minimum Gasteiger partial charge on any atom is -0.505 e. The van der Waals surface area contributed by atoms with Gasteiger partial charge < -0.3 is 21.3 Å². The molecule has 1 aromatic rings. The van der Waals surface area contributed by atoms with Crippen molar-refractivity contribution in [2.24, 2.45) is 5.41 Å². The van der Waals surface area contributed by atoms with E-state index in [9.17, 15) is 15.0 Å². The van der Waals surface area contributed by atoms with Crippen LogP contribution in [-0.4, -0.2) is 28.3 Å². The molecular formula is C16H24N2O3. The van der Waals surface area contributed by atoms with E-state index in [4.69, 9.17) is 5.73 Å². The Kier molecular flexibility index (Phi) is 4.14. The number of aromatic hydroxyl groups is 1. The van der Waals surface area contributed by atoms with Crippen LogP contribution in [0.2, 0.25) is 0 Å². The average Bonchev–Trinajstić information content (AvgIpc) is 2.43. The van der Waals surface area contributed by atoms with Crippen LogP contribution in [0.15, 0.2) is 18.2 Å². The third-order valence-electron chi connectivity index (χ3n) is 4.42. The van der Waals surface area contributed by atoms with E-state index in [0.29, 0.717) is 12.8 Å². The van der Waals surface area contributed by atoms with Gasteiger partial charge in [0.05, 0.1) is 16.9 Å². The van der Waals surface area contributed by atoms with Crippen molar-refractivity contribution < 1.29 is 15.0 Å². The molecule has 0 saturated heterocycles. The predicted octanol–water partition coefficient (Wildman–Crippen LogP) is 2.04. The zero-order chi connectivity index (χ0) is 15.7. The lowest BCUT2D eigenvalue weighted by Gasteiger charge is -2.40. The number of amides is 1. The summed E-state index contributed by atoms with van der Waals surface area (Å²) in [4.78, 5) is 12.1. The Bertz CT molecular complexity index is 530. The number of carbonyl (C=O) groups is 1. The third kappa shape index (κ3) is 3.67. The number of anilines is 1. The van der Waals surface area contributed by atoms with Crippen molar-refractivity contribution in [3.8, 4) is 5.75 Å². The normalized spacial score (nSPS) is 20.0. The van der Waals surface area contributed by atoms with Crippen LogP contribution < -0.4 is 11.1 Å². The Labute approximate surface area is 125 Å². The average molecular weight is 292 g/mol. The van der Waals surface area contributed by atoms with Gasteiger partial charge in [-0.2, -0.15) is 0 Å². The van der Waals surface area contributed by atoms with Gasteiger partial charge in [0.2, 0.25) is 0 Å². The Morgan fingerprint density at radius 2 is 1.90 bits per heavy atom. The van der Waals surface area contributed by atoms with Crippen molar-refractivity contribution in [3.05, 3.63) is 23.8 Å². The lowest BCUT2D eigenvalue weighted by molar-refractivity contribution is -0.0233. The molecule has 21 heavy (non-hydrogen) atoms. The number of nitrogen functional groups attached to an aromatic ring is 1. The number of carbonyl (C=O) groups excluding carboxylic acids is 1. The van der Waals surface area contributed by atoms with E-state index in [1.807, 2.05) is 0 Å². The number of phenols is 1. The lowest BCUT2D eigenvalue weighted by atomic mass is 9.71. The van der Waals surface area contributed by atoms with Crippen molar-refractivity contribution in [2.45, 2.75) is 45.1 Å². The monoisotopic (exact) mass is 292 g/mol.